The SMILES string of the molecule is COC(=O)N[C@@H](C(=O)O)c1ccccc1OC. The van der Waals surface area contributed by atoms with Crippen LogP contribution in [0.25, 0.3) is 0 Å². The molecule has 0 radical (unpaired) electrons. The molecule has 6 heteroatoms. The van der Waals surface area contributed by atoms with E-state index in [9.17, 15) is 9.59 Å². The van der Waals surface area contributed by atoms with E-state index >= 15 is 0 Å². The molecule has 0 bridgehead atoms. The maximum atomic E-state index is 11.1. The molecule has 0 aliphatic carbocycles. The van der Waals surface area contributed by atoms with Crippen LogP contribution in [-0.2, 0) is 9.53 Å². The van der Waals surface area contributed by atoms with Gasteiger partial charge >= 0.3 is 12.1 Å². The molecule has 0 saturated heterocycles. The third-order valence-corrected chi connectivity index (χ3v) is 2.14. The van der Waals surface area contributed by atoms with Crippen molar-refractivity contribution in [3.8, 4) is 5.75 Å². The zero-order chi connectivity index (χ0) is 12.8. The van der Waals surface area contributed by atoms with Gasteiger partial charge < -0.3 is 19.9 Å². The maximum Gasteiger partial charge on any atom is 0.407 e. The number of benzene rings is 1. The van der Waals surface area contributed by atoms with Crippen LogP contribution < -0.4 is 10.1 Å². The number of rotatable bonds is 4. The number of carboxylic acid groups (broad SMARTS) is 1. The van der Waals surface area contributed by atoms with E-state index in [0.717, 1.165) is 7.11 Å². The van der Waals surface area contributed by atoms with Gasteiger partial charge in [0.1, 0.15) is 5.75 Å². The summed E-state index contributed by atoms with van der Waals surface area (Å²) in [6.45, 7) is 0. The largest absolute Gasteiger partial charge is 0.496 e. The lowest BCUT2D eigenvalue weighted by Crippen LogP contribution is -2.33. The number of amides is 1. The molecule has 1 rings (SSSR count). The van der Waals surface area contributed by atoms with E-state index in [-0.39, 0.29) is 0 Å². The molecule has 6 nitrogen and oxygen atoms in total. The van der Waals surface area contributed by atoms with Gasteiger partial charge in [0.05, 0.1) is 14.2 Å². The summed E-state index contributed by atoms with van der Waals surface area (Å²) in [5.41, 5.74) is 0.355. The molecule has 17 heavy (non-hydrogen) atoms. The molecule has 2 N–H and O–H groups in total. The van der Waals surface area contributed by atoms with Crippen molar-refractivity contribution in [3.05, 3.63) is 29.8 Å². The second kappa shape index (κ2) is 5.74. The fraction of sp³-hybridized carbons (Fsp3) is 0.273. The third kappa shape index (κ3) is 3.10. The van der Waals surface area contributed by atoms with Crippen LogP contribution >= 0.6 is 0 Å². The molecule has 0 aromatic heterocycles. The number of methoxy groups -OCH3 is 2. The third-order valence-electron chi connectivity index (χ3n) is 2.14. The van der Waals surface area contributed by atoms with Crippen LogP contribution in [0.2, 0.25) is 0 Å². The van der Waals surface area contributed by atoms with Crippen molar-refractivity contribution in [1.29, 1.82) is 0 Å². The van der Waals surface area contributed by atoms with Crippen molar-refractivity contribution in [1.82, 2.24) is 5.32 Å². The zero-order valence-corrected chi connectivity index (χ0v) is 9.47. The Bertz CT molecular complexity index is 418. The van der Waals surface area contributed by atoms with Crippen molar-refractivity contribution >= 4 is 12.1 Å². The molecular weight excluding hydrogens is 226 g/mol. The molecule has 1 atom stereocenters. The van der Waals surface area contributed by atoms with Gasteiger partial charge in [-0.1, -0.05) is 18.2 Å². The summed E-state index contributed by atoms with van der Waals surface area (Å²) in [4.78, 5) is 22.2. The van der Waals surface area contributed by atoms with Crippen LogP contribution in [0.5, 0.6) is 5.75 Å². The molecular formula is C11H13NO5. The fourth-order valence-corrected chi connectivity index (χ4v) is 1.35. The molecule has 0 aliphatic heterocycles. The Morgan fingerprint density at radius 2 is 1.94 bits per heavy atom. The molecule has 1 aromatic rings. The van der Waals surface area contributed by atoms with E-state index in [1.54, 1.807) is 24.3 Å². The summed E-state index contributed by atoms with van der Waals surface area (Å²) in [6.07, 6.45) is -0.816. The number of ether oxygens (including phenoxy) is 2. The number of carbonyl (C=O) groups is 2. The number of alkyl carbamates (subject to hydrolysis) is 1. The minimum Gasteiger partial charge on any atom is -0.496 e. The predicted molar refractivity (Wildman–Crippen MR) is 58.9 cm³/mol. The molecule has 0 heterocycles. The highest BCUT2D eigenvalue weighted by Gasteiger charge is 2.25. The number of hydrogen-bond acceptors (Lipinski definition) is 4. The van der Waals surface area contributed by atoms with E-state index in [1.807, 2.05) is 0 Å². The Morgan fingerprint density at radius 1 is 1.29 bits per heavy atom. The second-order valence-electron chi connectivity index (χ2n) is 3.15. The topological polar surface area (TPSA) is 84.9 Å². The predicted octanol–water partition coefficient (Wildman–Crippen LogP) is 1.18. The number of carboxylic acids is 1. The maximum absolute atomic E-state index is 11.1. The van der Waals surface area contributed by atoms with Gasteiger partial charge in [0, 0.05) is 5.56 Å². The Kier molecular flexibility index (Phi) is 4.33. The van der Waals surface area contributed by atoms with Gasteiger partial charge in [-0.15, -0.1) is 0 Å². The molecule has 0 fully saturated rings. The summed E-state index contributed by atoms with van der Waals surface area (Å²) in [7, 11) is 2.59. The van der Waals surface area contributed by atoms with Crippen LogP contribution in [0.1, 0.15) is 11.6 Å². The smallest absolute Gasteiger partial charge is 0.407 e. The average molecular weight is 239 g/mol. The number of nitrogens with one attached hydrogen (secondary N) is 1. The van der Waals surface area contributed by atoms with Gasteiger partial charge in [0.15, 0.2) is 6.04 Å². The van der Waals surface area contributed by atoms with Crippen molar-refractivity contribution < 1.29 is 24.2 Å². The summed E-state index contributed by atoms with van der Waals surface area (Å²) < 4.78 is 9.41. The summed E-state index contributed by atoms with van der Waals surface area (Å²) in [5, 5.41) is 11.3. The van der Waals surface area contributed by atoms with Gasteiger partial charge in [0.2, 0.25) is 0 Å². The highest BCUT2D eigenvalue weighted by atomic mass is 16.5. The van der Waals surface area contributed by atoms with E-state index in [4.69, 9.17) is 9.84 Å². The average Bonchev–Trinajstić information content (AvgIpc) is 2.35. The summed E-state index contributed by atoms with van der Waals surface area (Å²) in [5.74, 6) is -0.809. The normalized spacial score (nSPS) is 11.4. The van der Waals surface area contributed by atoms with Crippen molar-refractivity contribution in [2.45, 2.75) is 6.04 Å². The van der Waals surface area contributed by atoms with Crippen molar-refractivity contribution in [3.63, 3.8) is 0 Å². The van der Waals surface area contributed by atoms with Crippen molar-refractivity contribution in [2.75, 3.05) is 14.2 Å². The molecule has 92 valence electrons. The Balaban J connectivity index is 3.05. The second-order valence-corrected chi connectivity index (χ2v) is 3.15. The Labute approximate surface area is 98.2 Å². The minimum atomic E-state index is -1.21. The van der Waals surface area contributed by atoms with Gasteiger partial charge in [-0.2, -0.15) is 0 Å². The van der Waals surface area contributed by atoms with Crippen LogP contribution in [0, 0.1) is 0 Å². The van der Waals surface area contributed by atoms with Gasteiger partial charge in [-0.25, -0.2) is 9.59 Å². The molecule has 0 saturated carbocycles. The van der Waals surface area contributed by atoms with Crippen LogP contribution in [0.4, 0.5) is 4.79 Å². The highest BCUT2D eigenvalue weighted by Crippen LogP contribution is 2.24. The number of aliphatic carboxylic acids is 1. The zero-order valence-electron chi connectivity index (χ0n) is 9.47. The molecule has 0 spiro atoms. The summed E-state index contributed by atoms with van der Waals surface area (Å²) >= 11 is 0. The van der Waals surface area contributed by atoms with E-state index in [0.29, 0.717) is 11.3 Å². The lowest BCUT2D eigenvalue weighted by molar-refractivity contribution is -0.139. The molecule has 1 amide bonds. The van der Waals surface area contributed by atoms with Gasteiger partial charge in [-0.05, 0) is 6.07 Å². The van der Waals surface area contributed by atoms with Crippen LogP contribution in [0.15, 0.2) is 24.3 Å². The summed E-state index contributed by atoms with van der Waals surface area (Å²) in [6, 6.07) is 5.34. The first-order valence-electron chi connectivity index (χ1n) is 4.80. The Hall–Kier alpha value is -2.24. The lowest BCUT2D eigenvalue weighted by atomic mass is 10.1. The lowest BCUT2D eigenvalue weighted by Gasteiger charge is -2.16. The highest BCUT2D eigenvalue weighted by molar-refractivity contribution is 5.82. The standard InChI is InChI=1S/C11H13NO5/c1-16-8-6-4-3-5-7(8)9(10(13)14)12-11(15)17-2/h3-6,9H,1-2H3,(H,12,15)(H,13,14)/t9-/m1/s1. The first-order chi connectivity index (χ1) is 8.10. The van der Waals surface area contributed by atoms with E-state index in [2.05, 4.69) is 10.1 Å². The minimum absolute atomic E-state index is 0.355. The van der Waals surface area contributed by atoms with Crippen LogP contribution in [-0.4, -0.2) is 31.4 Å². The van der Waals surface area contributed by atoms with Gasteiger partial charge in [0.25, 0.3) is 0 Å². The Morgan fingerprint density at radius 3 is 2.47 bits per heavy atom. The number of para-hydroxylation sites is 1. The van der Waals surface area contributed by atoms with Gasteiger partial charge in [-0.3, -0.25) is 0 Å². The molecule has 1 aromatic carbocycles. The van der Waals surface area contributed by atoms with Crippen molar-refractivity contribution in [2.24, 2.45) is 0 Å². The van der Waals surface area contributed by atoms with E-state index in [1.165, 1.54) is 7.11 Å². The number of hydrogen-bond donors (Lipinski definition) is 2. The first kappa shape index (κ1) is 12.8. The molecule has 0 aliphatic rings. The number of carbonyl (C=O) groups excluding carboxylic acids is 1. The fourth-order valence-electron chi connectivity index (χ4n) is 1.35. The van der Waals surface area contributed by atoms with E-state index < -0.39 is 18.1 Å². The first-order valence-corrected chi connectivity index (χ1v) is 4.80. The monoisotopic (exact) mass is 239 g/mol. The quantitative estimate of drug-likeness (QED) is 0.824. The van der Waals surface area contributed by atoms with Crippen LogP contribution in [0.3, 0.4) is 0 Å². The molecule has 0 unspecified atom stereocenters.